The number of esters is 2. The minimum Gasteiger partial charge on any atom is -0.465 e. The molecular weight excluding hydrogens is 304 g/mol. The molecular formula is C20H16O4. The van der Waals surface area contributed by atoms with Crippen LogP contribution in [-0.4, -0.2) is 26.2 Å². The molecule has 0 bridgehead atoms. The highest BCUT2D eigenvalue weighted by Crippen LogP contribution is 2.13. The second-order valence-electron chi connectivity index (χ2n) is 4.87. The predicted octanol–water partition coefficient (Wildman–Crippen LogP) is 2.26. The van der Waals surface area contributed by atoms with E-state index in [4.69, 9.17) is 9.47 Å². The lowest BCUT2D eigenvalue weighted by Gasteiger charge is -2.03. The molecule has 0 saturated heterocycles. The van der Waals surface area contributed by atoms with Gasteiger partial charge in [-0.3, -0.25) is 0 Å². The van der Waals surface area contributed by atoms with Crippen molar-refractivity contribution in [1.82, 2.24) is 0 Å². The molecule has 0 unspecified atom stereocenters. The maximum Gasteiger partial charge on any atom is 0.348 e. The zero-order valence-corrected chi connectivity index (χ0v) is 13.5. The standard InChI is InChI=1S/C20H16O4/c1-23-19(21)17(13-11-15-7-3-4-8-15)18(20(22)24-2)14-12-16-9-5-6-10-16/h3-9,15H,10H2,1-2H3/b18-17-. The van der Waals surface area contributed by atoms with Crippen LogP contribution in [0.3, 0.4) is 0 Å². The van der Waals surface area contributed by atoms with E-state index in [1.807, 2.05) is 42.5 Å². The van der Waals surface area contributed by atoms with Crippen molar-refractivity contribution in [2.75, 3.05) is 14.2 Å². The maximum absolute atomic E-state index is 12.1. The molecule has 0 amide bonds. The number of hydrogen-bond acceptors (Lipinski definition) is 4. The molecule has 0 N–H and O–H groups in total. The van der Waals surface area contributed by atoms with Crippen molar-refractivity contribution in [2.24, 2.45) is 5.92 Å². The Balaban J connectivity index is 2.46. The molecule has 0 saturated carbocycles. The van der Waals surface area contributed by atoms with Crippen molar-refractivity contribution in [3.63, 3.8) is 0 Å². The molecule has 4 nitrogen and oxygen atoms in total. The molecule has 0 radical (unpaired) electrons. The van der Waals surface area contributed by atoms with Gasteiger partial charge in [0.25, 0.3) is 0 Å². The number of methoxy groups -OCH3 is 2. The summed E-state index contributed by atoms with van der Waals surface area (Å²) in [5.74, 6) is 9.64. The third kappa shape index (κ3) is 4.38. The summed E-state index contributed by atoms with van der Waals surface area (Å²) in [6, 6.07) is 0. The highest BCUT2D eigenvalue weighted by molar-refractivity contribution is 6.06. The number of ether oxygens (including phenoxy) is 2. The Morgan fingerprint density at radius 1 is 1.00 bits per heavy atom. The minimum absolute atomic E-state index is 0.0999. The Morgan fingerprint density at radius 2 is 1.62 bits per heavy atom. The number of rotatable bonds is 2. The van der Waals surface area contributed by atoms with Gasteiger partial charge in [-0.1, -0.05) is 66.2 Å². The van der Waals surface area contributed by atoms with Crippen LogP contribution in [0.2, 0.25) is 0 Å². The van der Waals surface area contributed by atoms with Gasteiger partial charge >= 0.3 is 11.9 Å². The van der Waals surface area contributed by atoms with Crippen LogP contribution in [0.25, 0.3) is 0 Å². The molecule has 0 aromatic carbocycles. The van der Waals surface area contributed by atoms with E-state index in [1.165, 1.54) is 14.2 Å². The third-order valence-corrected chi connectivity index (χ3v) is 3.26. The van der Waals surface area contributed by atoms with Crippen LogP contribution in [0.15, 0.2) is 59.3 Å². The first-order chi connectivity index (χ1) is 11.7. The molecule has 4 heteroatoms. The smallest absolute Gasteiger partial charge is 0.348 e. The van der Waals surface area contributed by atoms with E-state index in [0.717, 1.165) is 5.57 Å². The Hall–Kier alpha value is -3.24. The number of carbonyl (C=O) groups is 2. The fourth-order valence-electron chi connectivity index (χ4n) is 2.00. The summed E-state index contributed by atoms with van der Waals surface area (Å²) in [4.78, 5) is 24.1. The molecule has 0 aromatic heterocycles. The van der Waals surface area contributed by atoms with E-state index in [-0.39, 0.29) is 17.1 Å². The van der Waals surface area contributed by atoms with Gasteiger partial charge in [-0.05, 0) is 6.42 Å². The molecule has 24 heavy (non-hydrogen) atoms. The van der Waals surface area contributed by atoms with Crippen molar-refractivity contribution in [2.45, 2.75) is 6.42 Å². The average Bonchev–Trinajstić information content (AvgIpc) is 3.30. The van der Waals surface area contributed by atoms with Gasteiger partial charge in [0.2, 0.25) is 0 Å². The van der Waals surface area contributed by atoms with Gasteiger partial charge in [0.1, 0.15) is 11.1 Å². The van der Waals surface area contributed by atoms with Crippen molar-refractivity contribution in [3.8, 4) is 23.7 Å². The van der Waals surface area contributed by atoms with Crippen LogP contribution < -0.4 is 0 Å². The summed E-state index contributed by atoms with van der Waals surface area (Å²) in [5, 5.41) is 0. The quantitative estimate of drug-likeness (QED) is 0.445. The van der Waals surface area contributed by atoms with Gasteiger partial charge in [0, 0.05) is 5.57 Å². The zero-order chi connectivity index (χ0) is 17.4. The first kappa shape index (κ1) is 17.1. The largest absolute Gasteiger partial charge is 0.465 e. The second-order valence-corrected chi connectivity index (χ2v) is 4.87. The zero-order valence-electron chi connectivity index (χ0n) is 13.5. The summed E-state index contributed by atoms with van der Waals surface area (Å²) >= 11 is 0. The lowest BCUT2D eigenvalue weighted by molar-refractivity contribution is -0.138. The molecule has 0 atom stereocenters. The summed E-state index contributed by atoms with van der Waals surface area (Å²) in [5.41, 5.74) is 0.642. The van der Waals surface area contributed by atoms with Gasteiger partial charge in [0.15, 0.2) is 0 Å². The van der Waals surface area contributed by atoms with Crippen LogP contribution >= 0.6 is 0 Å². The summed E-state index contributed by atoms with van der Waals surface area (Å²) in [6.45, 7) is 0. The molecule has 0 aliphatic heterocycles. The minimum atomic E-state index is -0.721. The monoisotopic (exact) mass is 320 g/mol. The summed E-state index contributed by atoms with van der Waals surface area (Å²) in [6.07, 6.45) is 13.8. The van der Waals surface area contributed by atoms with E-state index in [0.29, 0.717) is 6.42 Å². The molecule has 0 spiro atoms. The molecule has 0 aromatic rings. The molecule has 120 valence electrons. The highest BCUT2D eigenvalue weighted by Gasteiger charge is 2.20. The van der Waals surface area contributed by atoms with Crippen molar-refractivity contribution in [1.29, 1.82) is 0 Å². The first-order valence-corrected chi connectivity index (χ1v) is 7.31. The van der Waals surface area contributed by atoms with Crippen molar-refractivity contribution in [3.05, 3.63) is 59.3 Å². The molecule has 2 aliphatic rings. The Morgan fingerprint density at radius 3 is 2.17 bits per heavy atom. The number of carbonyl (C=O) groups excluding carboxylic acids is 2. The van der Waals surface area contributed by atoms with Crippen LogP contribution in [0, 0.1) is 29.6 Å². The fraction of sp³-hybridized carbons (Fsp3) is 0.200. The van der Waals surface area contributed by atoms with Crippen LogP contribution in [0.4, 0.5) is 0 Å². The van der Waals surface area contributed by atoms with E-state index in [1.54, 1.807) is 0 Å². The van der Waals surface area contributed by atoms with Gasteiger partial charge in [-0.15, -0.1) is 0 Å². The maximum atomic E-state index is 12.1. The SMILES string of the molecule is COC(=O)/C(C#CC1=CC=CC1)=C(/C#CC1C=CC=C1)C(=O)OC. The van der Waals surface area contributed by atoms with Crippen LogP contribution in [0.1, 0.15) is 6.42 Å². The number of allylic oxidation sites excluding steroid dienone is 8. The lowest BCUT2D eigenvalue weighted by Crippen LogP contribution is -2.13. The van der Waals surface area contributed by atoms with Crippen molar-refractivity contribution < 1.29 is 19.1 Å². The second kappa shape index (κ2) is 8.41. The fourth-order valence-corrected chi connectivity index (χ4v) is 2.00. The Labute approximate surface area is 141 Å². The van der Waals surface area contributed by atoms with Crippen molar-refractivity contribution >= 4 is 11.9 Å². The normalized spacial score (nSPS) is 15.7. The van der Waals surface area contributed by atoms with Gasteiger partial charge in [0.05, 0.1) is 20.1 Å². The lowest BCUT2D eigenvalue weighted by atomic mass is 10.1. The highest BCUT2D eigenvalue weighted by atomic mass is 16.5. The van der Waals surface area contributed by atoms with E-state index < -0.39 is 11.9 Å². The molecule has 0 fully saturated rings. The van der Waals surface area contributed by atoms with E-state index in [2.05, 4.69) is 23.7 Å². The van der Waals surface area contributed by atoms with Gasteiger partial charge < -0.3 is 9.47 Å². The van der Waals surface area contributed by atoms with Crippen LogP contribution in [0.5, 0.6) is 0 Å². The summed E-state index contributed by atoms with van der Waals surface area (Å²) < 4.78 is 9.47. The van der Waals surface area contributed by atoms with Crippen LogP contribution in [-0.2, 0) is 19.1 Å². The van der Waals surface area contributed by atoms with Gasteiger partial charge in [-0.2, -0.15) is 0 Å². The molecule has 0 heterocycles. The third-order valence-electron chi connectivity index (χ3n) is 3.26. The van der Waals surface area contributed by atoms with E-state index >= 15 is 0 Å². The first-order valence-electron chi connectivity index (χ1n) is 7.31. The topological polar surface area (TPSA) is 52.6 Å². The van der Waals surface area contributed by atoms with Gasteiger partial charge in [-0.25, -0.2) is 9.59 Å². The summed E-state index contributed by atoms with van der Waals surface area (Å²) in [7, 11) is 2.45. The number of hydrogen-bond donors (Lipinski definition) is 0. The van der Waals surface area contributed by atoms with E-state index in [9.17, 15) is 9.59 Å². The molecule has 2 aliphatic carbocycles. The Kier molecular flexibility index (Phi) is 6.00. The predicted molar refractivity (Wildman–Crippen MR) is 90.2 cm³/mol. The average molecular weight is 320 g/mol. The Bertz CT molecular complexity index is 799. The molecule has 2 rings (SSSR count).